The van der Waals surface area contributed by atoms with E-state index in [2.05, 4.69) is 15.9 Å². The van der Waals surface area contributed by atoms with E-state index < -0.39 is 5.82 Å². The van der Waals surface area contributed by atoms with Gasteiger partial charge in [0.25, 0.3) is 5.91 Å². The number of hydrogen-bond donors (Lipinski definition) is 0. The number of hydrogen-bond acceptors (Lipinski definition) is 2. The topological polar surface area (TPSA) is 29.5 Å². The zero-order valence-electron chi connectivity index (χ0n) is 9.45. The second-order valence-electron chi connectivity index (χ2n) is 4.02. The van der Waals surface area contributed by atoms with Crippen LogP contribution in [0.5, 0.6) is 0 Å². The average molecular weight is 302 g/mol. The molecule has 5 heteroatoms. The highest BCUT2D eigenvalue weighted by atomic mass is 79.9. The number of benzene rings is 1. The molecule has 1 aromatic carbocycles. The Bertz CT molecular complexity index is 418. The largest absolute Gasteiger partial charge is 0.377 e. The summed E-state index contributed by atoms with van der Waals surface area (Å²) in [6, 6.07) is 4.51. The van der Waals surface area contributed by atoms with Gasteiger partial charge in [-0.05, 0) is 35.0 Å². The van der Waals surface area contributed by atoms with Crippen LogP contribution in [0.15, 0.2) is 22.7 Å². The van der Waals surface area contributed by atoms with Gasteiger partial charge in [-0.15, -0.1) is 0 Å². The fourth-order valence-electron chi connectivity index (χ4n) is 1.87. The third kappa shape index (κ3) is 2.50. The van der Waals surface area contributed by atoms with Crippen molar-refractivity contribution in [3.63, 3.8) is 0 Å². The van der Waals surface area contributed by atoms with Gasteiger partial charge in [0.15, 0.2) is 0 Å². The first kappa shape index (κ1) is 12.5. The lowest BCUT2D eigenvalue weighted by Gasteiger charge is -2.33. The molecule has 1 aliphatic heterocycles. The molecule has 0 bridgehead atoms. The van der Waals surface area contributed by atoms with Crippen molar-refractivity contribution in [2.45, 2.75) is 13.0 Å². The minimum atomic E-state index is -0.497. The van der Waals surface area contributed by atoms with Crippen LogP contribution in [-0.4, -0.2) is 36.6 Å². The van der Waals surface area contributed by atoms with Gasteiger partial charge in [0.1, 0.15) is 5.82 Å². The van der Waals surface area contributed by atoms with Crippen LogP contribution in [0.1, 0.15) is 17.3 Å². The molecule has 17 heavy (non-hydrogen) atoms. The summed E-state index contributed by atoms with van der Waals surface area (Å²) in [5.41, 5.74) is 0.0984. The Morgan fingerprint density at radius 2 is 2.35 bits per heavy atom. The summed E-state index contributed by atoms with van der Waals surface area (Å²) in [4.78, 5) is 13.9. The van der Waals surface area contributed by atoms with Crippen LogP contribution in [0.2, 0.25) is 0 Å². The summed E-state index contributed by atoms with van der Waals surface area (Å²) in [7, 11) is 0. The van der Waals surface area contributed by atoms with E-state index in [9.17, 15) is 9.18 Å². The van der Waals surface area contributed by atoms with E-state index in [0.29, 0.717) is 24.2 Å². The Morgan fingerprint density at radius 1 is 1.59 bits per heavy atom. The van der Waals surface area contributed by atoms with Crippen LogP contribution in [0.4, 0.5) is 4.39 Å². The minimum Gasteiger partial charge on any atom is -0.377 e. The van der Waals surface area contributed by atoms with Crippen molar-refractivity contribution in [3.05, 3.63) is 34.1 Å². The van der Waals surface area contributed by atoms with Gasteiger partial charge in [0.05, 0.1) is 24.8 Å². The van der Waals surface area contributed by atoms with Crippen LogP contribution in [0.3, 0.4) is 0 Å². The molecular weight excluding hydrogens is 289 g/mol. The second-order valence-corrected chi connectivity index (χ2v) is 4.87. The van der Waals surface area contributed by atoms with E-state index in [4.69, 9.17) is 4.74 Å². The second kappa shape index (κ2) is 5.14. The molecule has 1 atom stereocenters. The smallest absolute Gasteiger partial charge is 0.258 e. The molecular formula is C12H13BrFNO2. The van der Waals surface area contributed by atoms with Crippen molar-refractivity contribution < 1.29 is 13.9 Å². The molecule has 0 spiro atoms. The number of nitrogens with zero attached hydrogens (tertiary/aromatic N) is 1. The number of halogens is 2. The summed E-state index contributed by atoms with van der Waals surface area (Å²) in [5.74, 6) is -0.783. The molecule has 0 radical (unpaired) electrons. The van der Waals surface area contributed by atoms with Crippen LogP contribution in [0, 0.1) is 5.82 Å². The summed E-state index contributed by atoms with van der Waals surface area (Å²) in [6.07, 6.45) is 0. The number of carbonyl (C=O) groups excluding carboxylic acids is 1. The molecule has 92 valence electrons. The van der Waals surface area contributed by atoms with E-state index in [1.807, 2.05) is 6.92 Å². The molecule has 1 aromatic rings. The highest BCUT2D eigenvalue weighted by Crippen LogP contribution is 2.23. The van der Waals surface area contributed by atoms with Gasteiger partial charge in [-0.25, -0.2) is 4.39 Å². The number of rotatable bonds is 1. The van der Waals surface area contributed by atoms with Crippen LogP contribution in [-0.2, 0) is 4.74 Å². The Kier molecular flexibility index (Phi) is 3.79. The maximum absolute atomic E-state index is 13.7. The molecule has 1 fully saturated rings. The first-order chi connectivity index (χ1) is 8.11. The maximum atomic E-state index is 13.7. The van der Waals surface area contributed by atoms with Gasteiger partial charge in [-0.3, -0.25) is 4.79 Å². The Balaban J connectivity index is 2.30. The molecule has 1 saturated heterocycles. The Morgan fingerprint density at radius 3 is 3.00 bits per heavy atom. The first-order valence-corrected chi connectivity index (χ1v) is 6.23. The van der Waals surface area contributed by atoms with Crippen molar-refractivity contribution in [1.82, 2.24) is 4.90 Å². The lowest BCUT2D eigenvalue weighted by Crippen LogP contribution is -2.47. The lowest BCUT2D eigenvalue weighted by atomic mass is 10.1. The predicted molar refractivity (Wildman–Crippen MR) is 65.4 cm³/mol. The molecule has 0 aliphatic carbocycles. The number of amides is 1. The average Bonchev–Trinajstić information content (AvgIpc) is 2.29. The van der Waals surface area contributed by atoms with E-state index in [1.165, 1.54) is 6.07 Å². The zero-order chi connectivity index (χ0) is 12.4. The molecule has 0 saturated carbocycles. The summed E-state index contributed by atoms with van der Waals surface area (Å²) in [5, 5.41) is 0. The fourth-order valence-corrected chi connectivity index (χ4v) is 2.39. The van der Waals surface area contributed by atoms with Crippen LogP contribution in [0.25, 0.3) is 0 Å². The first-order valence-electron chi connectivity index (χ1n) is 5.44. The maximum Gasteiger partial charge on any atom is 0.258 e. The molecule has 0 N–H and O–H groups in total. The molecule has 1 aliphatic rings. The molecule has 1 amide bonds. The SMILES string of the molecule is CC1COCCN1C(=O)c1c(F)cccc1Br. The normalized spacial score (nSPS) is 20.4. The van der Waals surface area contributed by atoms with Crippen molar-refractivity contribution >= 4 is 21.8 Å². The van der Waals surface area contributed by atoms with Crippen molar-refractivity contribution in [3.8, 4) is 0 Å². The number of ether oxygens (including phenoxy) is 1. The summed E-state index contributed by atoms with van der Waals surface area (Å²) in [6.45, 7) is 3.40. The van der Waals surface area contributed by atoms with Gasteiger partial charge in [0.2, 0.25) is 0 Å². The van der Waals surface area contributed by atoms with E-state index in [0.717, 1.165) is 0 Å². The van der Waals surface area contributed by atoms with Gasteiger partial charge in [-0.2, -0.15) is 0 Å². The predicted octanol–water partition coefficient (Wildman–Crippen LogP) is 2.45. The van der Waals surface area contributed by atoms with Gasteiger partial charge in [-0.1, -0.05) is 6.07 Å². The van der Waals surface area contributed by atoms with Crippen molar-refractivity contribution in [2.75, 3.05) is 19.8 Å². The lowest BCUT2D eigenvalue weighted by molar-refractivity contribution is 0.00329. The van der Waals surface area contributed by atoms with Gasteiger partial charge < -0.3 is 9.64 Å². The summed E-state index contributed by atoms with van der Waals surface area (Å²) >= 11 is 3.22. The minimum absolute atomic E-state index is 0.0252. The molecule has 0 aromatic heterocycles. The van der Waals surface area contributed by atoms with Gasteiger partial charge in [0, 0.05) is 11.0 Å². The third-order valence-corrected chi connectivity index (χ3v) is 3.47. The van der Waals surface area contributed by atoms with E-state index >= 15 is 0 Å². The third-order valence-electron chi connectivity index (χ3n) is 2.81. The Hall–Kier alpha value is -0.940. The van der Waals surface area contributed by atoms with Crippen LogP contribution < -0.4 is 0 Å². The zero-order valence-corrected chi connectivity index (χ0v) is 11.0. The standard InChI is InChI=1S/C12H13BrFNO2/c1-8-7-17-6-5-15(8)12(16)11-9(13)3-2-4-10(11)14/h2-4,8H,5-7H2,1H3. The summed E-state index contributed by atoms with van der Waals surface area (Å²) < 4.78 is 19.4. The Labute approximate surface area is 108 Å². The van der Waals surface area contributed by atoms with Gasteiger partial charge >= 0.3 is 0 Å². The molecule has 3 nitrogen and oxygen atoms in total. The number of morpholine rings is 1. The number of carbonyl (C=O) groups is 1. The highest BCUT2D eigenvalue weighted by molar-refractivity contribution is 9.10. The van der Waals surface area contributed by atoms with Crippen LogP contribution >= 0.6 is 15.9 Å². The van der Waals surface area contributed by atoms with Crippen molar-refractivity contribution in [1.29, 1.82) is 0 Å². The van der Waals surface area contributed by atoms with E-state index in [-0.39, 0.29) is 17.5 Å². The van der Waals surface area contributed by atoms with E-state index in [1.54, 1.807) is 17.0 Å². The fraction of sp³-hybridized carbons (Fsp3) is 0.417. The quantitative estimate of drug-likeness (QED) is 0.797. The molecule has 1 unspecified atom stereocenters. The molecule has 1 heterocycles. The molecule has 2 rings (SSSR count). The highest BCUT2D eigenvalue weighted by Gasteiger charge is 2.27. The monoisotopic (exact) mass is 301 g/mol. The van der Waals surface area contributed by atoms with Crippen molar-refractivity contribution in [2.24, 2.45) is 0 Å².